The quantitative estimate of drug-likeness (QED) is 0.663. The van der Waals surface area contributed by atoms with Crippen LogP contribution in [0.1, 0.15) is 28.6 Å². The molecule has 3 atom stereocenters. The van der Waals surface area contributed by atoms with Crippen molar-refractivity contribution >= 4 is 5.78 Å². The van der Waals surface area contributed by atoms with Crippen LogP contribution in [0.15, 0.2) is 0 Å². The number of fused-ring (bicyclic) bond motifs is 1. The number of ketones is 1. The van der Waals surface area contributed by atoms with Gasteiger partial charge >= 0.3 is 0 Å². The van der Waals surface area contributed by atoms with Gasteiger partial charge in [-0.15, -0.1) is 0 Å². The van der Waals surface area contributed by atoms with E-state index in [0.717, 1.165) is 12.3 Å². The summed E-state index contributed by atoms with van der Waals surface area (Å²) >= 11 is 0. The zero-order chi connectivity index (χ0) is 10.0. The Morgan fingerprint density at radius 2 is 2.23 bits per heavy atom. The number of carbonyl (C=O) groups is 1. The molecule has 2 fully saturated rings. The molecule has 0 spiro atoms. The number of hydrogen-bond acceptors (Lipinski definition) is 2. The Bertz CT molecular complexity index is 277. The molecule has 74 valence electrons. The summed E-state index contributed by atoms with van der Waals surface area (Å²) in [6.45, 7) is 5.58. The van der Waals surface area contributed by atoms with Crippen LogP contribution in [0.5, 0.6) is 0 Å². The molecular formula is C10H16NOW-. The van der Waals surface area contributed by atoms with Gasteiger partial charge in [-0.2, -0.15) is 12.3 Å². The van der Waals surface area contributed by atoms with Crippen LogP contribution in [0, 0.1) is 11.8 Å². The Morgan fingerprint density at radius 1 is 1.69 bits per heavy atom. The number of piperidine rings is 1. The smallest absolute Gasteiger partial charge is 0.117 e. The van der Waals surface area contributed by atoms with E-state index in [2.05, 4.69) is 4.90 Å². The van der Waals surface area contributed by atoms with Crippen LogP contribution >= 0.6 is 0 Å². The molecule has 1 aliphatic heterocycles. The average Bonchev–Trinajstić information content (AvgIpc) is 2.73. The van der Waals surface area contributed by atoms with Crippen LogP contribution < -0.4 is 0 Å². The molecule has 3 heteroatoms. The number of Topliss-reactive ketones (excluding diaryl/α,β-unsaturated/α-hetero) is 1. The summed E-state index contributed by atoms with van der Waals surface area (Å²) in [6.07, 6.45) is 0.809. The van der Waals surface area contributed by atoms with Gasteiger partial charge in [0.2, 0.25) is 0 Å². The maximum atomic E-state index is 11.5. The summed E-state index contributed by atoms with van der Waals surface area (Å²) in [4.78, 5) is 13.6. The maximum Gasteiger partial charge on any atom is 0.117 e. The van der Waals surface area contributed by atoms with Gasteiger partial charge in [-0.05, 0) is 21.4 Å². The third-order valence-electron chi connectivity index (χ3n) is 3.67. The van der Waals surface area contributed by atoms with E-state index in [0.29, 0.717) is 0 Å². The first-order valence-corrected chi connectivity index (χ1v) is 4.46. The van der Waals surface area contributed by atoms with Gasteiger partial charge in [0.1, 0.15) is 5.78 Å². The molecular weight excluding hydrogens is 334 g/mol. The molecule has 0 aromatic carbocycles. The standard InChI is InChI=1S/C10H16NO.W/c1-6-7(2)11(4)10(8(3)12)5-9(6)10;/h6-7H,5H2,1-4H3;/q-1;/i6T;. The number of likely N-dealkylation sites (tertiary alicyclic amines) is 1. The molecule has 1 aliphatic carbocycles. The largest absolute Gasteiger partial charge is 0.325 e. The predicted molar refractivity (Wildman–Crippen MR) is 47.7 cm³/mol. The van der Waals surface area contributed by atoms with E-state index < -0.39 is 5.89 Å². The van der Waals surface area contributed by atoms with E-state index in [9.17, 15) is 4.79 Å². The second-order valence-corrected chi connectivity index (χ2v) is 4.04. The first kappa shape index (κ1) is 9.86. The van der Waals surface area contributed by atoms with Crippen LogP contribution in [-0.4, -0.2) is 29.3 Å². The van der Waals surface area contributed by atoms with Gasteiger partial charge in [-0.1, -0.05) is 19.4 Å². The van der Waals surface area contributed by atoms with Gasteiger partial charge < -0.3 is 9.69 Å². The number of hydrogen-bond donors (Lipinski definition) is 0. The van der Waals surface area contributed by atoms with E-state index >= 15 is 0 Å². The van der Waals surface area contributed by atoms with E-state index in [-0.39, 0.29) is 38.4 Å². The Hall–Kier alpha value is 0.318. The minimum absolute atomic E-state index is 0. The second kappa shape index (κ2) is 3.17. The number of nitrogens with zero attached hydrogens (tertiary/aromatic N) is 1. The van der Waals surface area contributed by atoms with Crippen molar-refractivity contribution in [2.24, 2.45) is 5.89 Å². The van der Waals surface area contributed by atoms with Crippen molar-refractivity contribution in [3.63, 3.8) is 0 Å². The SMILES string of the molecule is [3H]C1(C)[C-]2CC2(C(C)=O)N(C)C1C.[W]. The topological polar surface area (TPSA) is 20.3 Å². The van der Waals surface area contributed by atoms with Crippen LogP contribution in [0.3, 0.4) is 0 Å². The van der Waals surface area contributed by atoms with Gasteiger partial charge in [0.15, 0.2) is 0 Å². The van der Waals surface area contributed by atoms with Crippen LogP contribution in [0.2, 0.25) is 0 Å². The number of rotatable bonds is 1. The van der Waals surface area contributed by atoms with Crippen molar-refractivity contribution in [2.45, 2.75) is 38.8 Å². The number of likely N-dealkylation sites (N-methyl/N-ethyl adjacent to an activating group) is 1. The molecule has 0 radical (unpaired) electrons. The van der Waals surface area contributed by atoms with Crippen molar-refractivity contribution in [2.75, 3.05) is 7.05 Å². The minimum Gasteiger partial charge on any atom is -0.325 e. The van der Waals surface area contributed by atoms with Crippen molar-refractivity contribution in [1.82, 2.24) is 4.90 Å². The van der Waals surface area contributed by atoms with Crippen LogP contribution in [0.25, 0.3) is 0 Å². The molecule has 2 nitrogen and oxygen atoms in total. The summed E-state index contributed by atoms with van der Waals surface area (Å²) in [5, 5.41) is 0. The average molecular weight is 352 g/mol. The van der Waals surface area contributed by atoms with E-state index in [1.54, 1.807) is 6.92 Å². The fourth-order valence-corrected chi connectivity index (χ4v) is 2.47. The molecule has 2 rings (SSSR count). The number of carbonyl (C=O) groups excluding carboxylic acids is 1. The summed E-state index contributed by atoms with van der Waals surface area (Å²) in [6, 6.07) is 0.153. The molecule has 0 amide bonds. The van der Waals surface area contributed by atoms with Crippen molar-refractivity contribution in [1.29, 1.82) is 0 Å². The third-order valence-corrected chi connectivity index (χ3v) is 3.67. The summed E-state index contributed by atoms with van der Waals surface area (Å²) in [5.41, 5.74) is -0.351. The minimum atomic E-state index is -0.527. The van der Waals surface area contributed by atoms with E-state index in [4.69, 9.17) is 1.37 Å². The maximum absolute atomic E-state index is 11.5. The third kappa shape index (κ3) is 1.18. The molecule has 1 saturated carbocycles. The van der Waals surface area contributed by atoms with Gasteiger partial charge in [-0.25, -0.2) is 0 Å². The summed E-state index contributed by atoms with van der Waals surface area (Å²) in [5.74, 6) is 0.788. The first-order valence-electron chi connectivity index (χ1n) is 4.96. The fourth-order valence-electron chi connectivity index (χ4n) is 2.47. The molecule has 3 unspecified atom stereocenters. The molecule has 13 heavy (non-hydrogen) atoms. The van der Waals surface area contributed by atoms with E-state index in [1.807, 2.05) is 20.9 Å². The van der Waals surface area contributed by atoms with Crippen molar-refractivity contribution in [3.05, 3.63) is 5.92 Å². The van der Waals surface area contributed by atoms with Gasteiger partial charge in [0, 0.05) is 21.1 Å². The molecule has 0 aromatic rings. The summed E-state index contributed by atoms with van der Waals surface area (Å²) < 4.78 is 8.16. The second-order valence-electron chi connectivity index (χ2n) is 4.04. The molecule has 0 bridgehead atoms. The molecule has 2 aliphatic rings. The zero-order valence-electron chi connectivity index (χ0n) is 9.55. The van der Waals surface area contributed by atoms with E-state index in [1.165, 1.54) is 0 Å². The van der Waals surface area contributed by atoms with Crippen LogP contribution in [0.4, 0.5) is 0 Å². The van der Waals surface area contributed by atoms with Gasteiger partial charge in [0.25, 0.3) is 0 Å². The molecule has 1 heterocycles. The Balaban J connectivity index is 0.000000980. The fraction of sp³-hybridized carbons (Fsp3) is 0.800. The Morgan fingerprint density at radius 3 is 2.46 bits per heavy atom. The molecule has 0 aromatic heterocycles. The Labute approximate surface area is 95.7 Å². The zero-order valence-corrected chi connectivity index (χ0v) is 11.5. The molecule has 1 saturated heterocycles. The van der Waals surface area contributed by atoms with Crippen LogP contribution in [-0.2, 0) is 25.9 Å². The summed E-state index contributed by atoms with van der Waals surface area (Å²) in [7, 11) is 1.96. The van der Waals surface area contributed by atoms with Crippen molar-refractivity contribution < 1.29 is 27.2 Å². The van der Waals surface area contributed by atoms with Gasteiger partial charge in [-0.3, -0.25) is 5.92 Å². The van der Waals surface area contributed by atoms with Crippen molar-refractivity contribution in [3.8, 4) is 0 Å². The normalized spacial score (nSPS) is 50.8. The predicted octanol–water partition coefficient (Wildman–Crippen LogP) is 1.26. The molecule has 0 N–H and O–H groups in total. The monoisotopic (exact) mass is 352 g/mol. The first-order chi connectivity index (χ1) is 5.85. The van der Waals surface area contributed by atoms with Gasteiger partial charge in [0.05, 0.1) is 0 Å². The Kier molecular flexibility index (Phi) is 2.40.